The predicted molar refractivity (Wildman–Crippen MR) is 132 cm³/mol. The summed E-state index contributed by atoms with van der Waals surface area (Å²) >= 11 is 6.37. The van der Waals surface area contributed by atoms with Gasteiger partial charge in [-0.3, -0.25) is 19.5 Å². The molecule has 1 amide bonds. The van der Waals surface area contributed by atoms with Crippen LogP contribution in [-0.4, -0.2) is 28.4 Å². The molecular weight excluding hydrogens is 452 g/mol. The van der Waals surface area contributed by atoms with Crippen LogP contribution in [-0.2, 0) is 9.59 Å². The number of carbonyl (C=O) groups excluding carboxylic acids is 2. The predicted octanol–water partition coefficient (Wildman–Crippen LogP) is 5.88. The SMILES string of the molecule is CCOc1ccc(Cl)c(/C(O)=C2\C(=O)C(=O)N(c3ccc(C(C)C)cc3)C2c2ccccn2)c1. The molecule has 34 heavy (non-hydrogen) atoms. The van der Waals surface area contributed by atoms with E-state index in [-0.39, 0.29) is 21.9 Å². The molecule has 0 aliphatic carbocycles. The summed E-state index contributed by atoms with van der Waals surface area (Å²) in [5.41, 5.74) is 2.23. The van der Waals surface area contributed by atoms with Crippen LogP contribution < -0.4 is 9.64 Å². The zero-order valence-electron chi connectivity index (χ0n) is 19.2. The van der Waals surface area contributed by atoms with Gasteiger partial charge < -0.3 is 9.84 Å². The standard InChI is InChI=1S/C27H25ClN2O4/c1-4-34-19-12-13-21(28)20(15-19)25(31)23-24(22-7-5-6-14-29-22)30(27(33)26(23)32)18-10-8-17(9-11-18)16(2)3/h5-16,24,31H,4H2,1-3H3/b25-23+. The van der Waals surface area contributed by atoms with E-state index in [0.717, 1.165) is 5.56 Å². The van der Waals surface area contributed by atoms with Crippen molar-refractivity contribution in [3.8, 4) is 5.75 Å². The van der Waals surface area contributed by atoms with Gasteiger partial charge in [-0.15, -0.1) is 0 Å². The van der Waals surface area contributed by atoms with Crippen molar-refractivity contribution in [2.75, 3.05) is 11.5 Å². The fourth-order valence-electron chi connectivity index (χ4n) is 4.02. The summed E-state index contributed by atoms with van der Waals surface area (Å²) in [5, 5.41) is 11.5. The maximum Gasteiger partial charge on any atom is 0.300 e. The Kier molecular flexibility index (Phi) is 6.70. The lowest BCUT2D eigenvalue weighted by atomic mass is 9.97. The number of hydrogen-bond donors (Lipinski definition) is 1. The van der Waals surface area contributed by atoms with E-state index in [1.807, 2.05) is 19.1 Å². The molecule has 1 aromatic heterocycles. The Bertz CT molecular complexity index is 1250. The van der Waals surface area contributed by atoms with Gasteiger partial charge in [0.2, 0.25) is 0 Å². The molecule has 2 heterocycles. The van der Waals surface area contributed by atoms with Crippen molar-refractivity contribution in [1.82, 2.24) is 4.98 Å². The molecule has 1 aliphatic rings. The number of Topliss-reactive ketones (excluding diaryl/α,β-unsaturated/α-hetero) is 1. The van der Waals surface area contributed by atoms with Gasteiger partial charge in [0.25, 0.3) is 11.7 Å². The van der Waals surface area contributed by atoms with Gasteiger partial charge in [0.05, 0.1) is 22.9 Å². The summed E-state index contributed by atoms with van der Waals surface area (Å²) in [4.78, 5) is 32.3. The Hall–Kier alpha value is -3.64. The lowest BCUT2D eigenvalue weighted by molar-refractivity contribution is -0.132. The molecule has 0 saturated carbocycles. The molecule has 1 aliphatic heterocycles. The van der Waals surface area contributed by atoms with Gasteiger partial charge >= 0.3 is 0 Å². The summed E-state index contributed by atoms with van der Waals surface area (Å²) in [6.07, 6.45) is 1.58. The molecule has 3 aromatic rings. The number of nitrogens with zero attached hydrogens (tertiary/aromatic N) is 2. The third kappa shape index (κ3) is 4.29. The van der Waals surface area contributed by atoms with Gasteiger partial charge in [0, 0.05) is 17.4 Å². The van der Waals surface area contributed by atoms with Crippen molar-refractivity contribution in [3.63, 3.8) is 0 Å². The lowest BCUT2D eigenvalue weighted by Crippen LogP contribution is -2.29. The molecule has 1 atom stereocenters. The van der Waals surface area contributed by atoms with Crippen LogP contribution in [0.3, 0.4) is 0 Å². The number of aromatic nitrogens is 1. The molecule has 4 rings (SSSR count). The molecule has 1 N–H and O–H groups in total. The molecule has 1 saturated heterocycles. The third-order valence-corrected chi connectivity index (χ3v) is 6.08. The topological polar surface area (TPSA) is 79.7 Å². The number of aliphatic hydroxyl groups is 1. The summed E-state index contributed by atoms with van der Waals surface area (Å²) in [6, 6.07) is 16.6. The third-order valence-electron chi connectivity index (χ3n) is 5.75. The first kappa shape index (κ1) is 23.5. The first-order valence-electron chi connectivity index (χ1n) is 11.1. The van der Waals surface area contributed by atoms with E-state index in [1.165, 1.54) is 4.90 Å². The van der Waals surface area contributed by atoms with Crippen molar-refractivity contribution < 1.29 is 19.4 Å². The van der Waals surface area contributed by atoms with Crippen LogP contribution in [0, 0.1) is 0 Å². The molecule has 0 spiro atoms. The van der Waals surface area contributed by atoms with E-state index in [4.69, 9.17) is 16.3 Å². The minimum atomic E-state index is -0.919. The number of hydrogen-bond acceptors (Lipinski definition) is 5. The first-order chi connectivity index (χ1) is 16.3. The van der Waals surface area contributed by atoms with Gasteiger partial charge in [0.1, 0.15) is 17.6 Å². The average Bonchev–Trinajstić information content (AvgIpc) is 3.11. The molecule has 174 valence electrons. The van der Waals surface area contributed by atoms with Crippen molar-refractivity contribution in [3.05, 3.63) is 94.3 Å². The van der Waals surface area contributed by atoms with E-state index in [9.17, 15) is 14.7 Å². The van der Waals surface area contributed by atoms with Crippen molar-refractivity contribution >= 4 is 34.7 Å². The molecule has 0 bridgehead atoms. The molecule has 0 radical (unpaired) electrons. The zero-order chi connectivity index (χ0) is 24.4. The van der Waals surface area contributed by atoms with Crippen molar-refractivity contribution in [2.45, 2.75) is 32.7 Å². The Morgan fingerprint density at radius 2 is 1.85 bits per heavy atom. The van der Waals surface area contributed by atoms with Crippen LogP contribution in [0.2, 0.25) is 5.02 Å². The van der Waals surface area contributed by atoms with Crippen molar-refractivity contribution in [2.24, 2.45) is 0 Å². The van der Waals surface area contributed by atoms with Gasteiger partial charge in [-0.2, -0.15) is 0 Å². The van der Waals surface area contributed by atoms with E-state index in [0.29, 0.717) is 29.7 Å². The van der Waals surface area contributed by atoms with Gasteiger partial charge in [-0.05, 0) is 60.9 Å². The number of aliphatic hydroxyl groups excluding tert-OH is 1. The van der Waals surface area contributed by atoms with Gasteiger partial charge in [-0.1, -0.05) is 43.6 Å². The highest BCUT2D eigenvalue weighted by Gasteiger charge is 2.47. The van der Waals surface area contributed by atoms with Crippen LogP contribution in [0.25, 0.3) is 5.76 Å². The number of ketones is 1. The van der Waals surface area contributed by atoms with Gasteiger partial charge in [0.15, 0.2) is 0 Å². The second-order valence-corrected chi connectivity index (χ2v) is 8.65. The van der Waals surface area contributed by atoms with Gasteiger partial charge in [-0.25, -0.2) is 0 Å². The number of anilines is 1. The molecular formula is C27H25ClN2O4. The molecule has 7 heteroatoms. The number of pyridine rings is 1. The Morgan fingerprint density at radius 3 is 2.47 bits per heavy atom. The van der Waals surface area contributed by atoms with E-state index < -0.39 is 17.7 Å². The number of ether oxygens (including phenoxy) is 1. The van der Waals surface area contributed by atoms with E-state index in [2.05, 4.69) is 18.8 Å². The minimum absolute atomic E-state index is 0.0767. The number of rotatable bonds is 6. The summed E-state index contributed by atoms with van der Waals surface area (Å²) in [5.74, 6) is -1.12. The molecule has 2 aromatic carbocycles. The van der Waals surface area contributed by atoms with Crippen LogP contribution in [0.15, 0.2) is 72.4 Å². The Labute approximate surface area is 203 Å². The average molecular weight is 477 g/mol. The largest absolute Gasteiger partial charge is 0.507 e. The highest BCUT2D eigenvalue weighted by Crippen LogP contribution is 2.43. The fourth-order valence-corrected chi connectivity index (χ4v) is 4.23. The second-order valence-electron chi connectivity index (χ2n) is 8.24. The molecule has 6 nitrogen and oxygen atoms in total. The maximum absolute atomic E-state index is 13.3. The lowest BCUT2D eigenvalue weighted by Gasteiger charge is -2.25. The smallest absolute Gasteiger partial charge is 0.300 e. The Morgan fingerprint density at radius 1 is 1.12 bits per heavy atom. The van der Waals surface area contributed by atoms with E-state index in [1.54, 1.807) is 54.7 Å². The number of benzene rings is 2. The van der Waals surface area contributed by atoms with Crippen LogP contribution in [0.1, 0.15) is 49.6 Å². The van der Waals surface area contributed by atoms with Crippen LogP contribution in [0.5, 0.6) is 5.75 Å². The van der Waals surface area contributed by atoms with Crippen molar-refractivity contribution in [1.29, 1.82) is 0 Å². The minimum Gasteiger partial charge on any atom is -0.507 e. The summed E-state index contributed by atoms with van der Waals surface area (Å²) < 4.78 is 5.53. The monoisotopic (exact) mass is 476 g/mol. The number of carbonyl (C=O) groups is 2. The first-order valence-corrected chi connectivity index (χ1v) is 11.5. The summed E-state index contributed by atoms with van der Waals surface area (Å²) in [7, 11) is 0. The number of amides is 1. The highest BCUT2D eigenvalue weighted by atomic mass is 35.5. The zero-order valence-corrected chi connectivity index (χ0v) is 19.9. The van der Waals surface area contributed by atoms with Crippen LogP contribution in [0.4, 0.5) is 5.69 Å². The number of halogens is 1. The quantitative estimate of drug-likeness (QED) is 0.273. The molecule has 1 fully saturated rings. The normalized spacial score (nSPS) is 17.4. The highest BCUT2D eigenvalue weighted by molar-refractivity contribution is 6.52. The molecule has 1 unspecified atom stereocenters. The Balaban J connectivity index is 1.91. The second kappa shape index (κ2) is 9.69. The maximum atomic E-state index is 13.3. The fraction of sp³-hybridized carbons (Fsp3) is 0.222. The summed E-state index contributed by atoms with van der Waals surface area (Å²) in [6.45, 7) is 6.42. The van der Waals surface area contributed by atoms with Crippen LogP contribution >= 0.6 is 11.6 Å². The van der Waals surface area contributed by atoms with E-state index >= 15 is 0 Å².